The van der Waals surface area contributed by atoms with E-state index in [1.165, 1.54) is 6.34 Å². The first-order valence-corrected chi connectivity index (χ1v) is 8.60. The minimum atomic E-state index is -3.52. The first kappa shape index (κ1) is 16.0. The summed E-state index contributed by atoms with van der Waals surface area (Å²) in [7, 11) is -3.52. The number of anilines is 1. The standard InChI is InChI=1S/C15H23N3O2S/c1-15(2,3)8-9-16-10-11-18-12-17-21(19,20)14-7-5-4-6-13(14)18/h4-7,12,16H,8-11H2,1-3H3. The van der Waals surface area contributed by atoms with Crippen molar-refractivity contribution in [1.82, 2.24) is 5.32 Å². The van der Waals surface area contributed by atoms with Crippen LogP contribution in [0, 0.1) is 5.41 Å². The summed E-state index contributed by atoms with van der Waals surface area (Å²) in [4.78, 5) is 2.16. The third kappa shape index (κ3) is 4.28. The van der Waals surface area contributed by atoms with Crippen LogP contribution in [0.5, 0.6) is 0 Å². The average Bonchev–Trinajstić information content (AvgIpc) is 2.40. The zero-order valence-corrected chi connectivity index (χ0v) is 13.7. The molecule has 0 atom stereocenters. The molecule has 5 nitrogen and oxygen atoms in total. The fourth-order valence-corrected chi connectivity index (χ4v) is 3.17. The smallest absolute Gasteiger partial charge is 0.285 e. The normalized spacial score (nSPS) is 16.8. The van der Waals surface area contributed by atoms with Gasteiger partial charge >= 0.3 is 0 Å². The summed E-state index contributed by atoms with van der Waals surface area (Å²) in [5.74, 6) is 0. The lowest BCUT2D eigenvalue weighted by atomic mass is 9.92. The Morgan fingerprint density at radius 2 is 1.90 bits per heavy atom. The van der Waals surface area contributed by atoms with E-state index in [2.05, 4.69) is 30.5 Å². The van der Waals surface area contributed by atoms with Crippen LogP contribution in [0.2, 0.25) is 0 Å². The summed E-state index contributed by atoms with van der Waals surface area (Å²) >= 11 is 0. The van der Waals surface area contributed by atoms with E-state index in [4.69, 9.17) is 0 Å². The molecule has 0 radical (unpaired) electrons. The second-order valence-electron chi connectivity index (χ2n) is 6.42. The molecular formula is C15H23N3O2S. The molecule has 0 unspecified atom stereocenters. The SMILES string of the molecule is CC(C)(C)CCNCCN1C=NS(=O)(=O)c2ccccc21. The molecule has 0 aliphatic carbocycles. The van der Waals surface area contributed by atoms with E-state index in [-0.39, 0.29) is 4.90 Å². The van der Waals surface area contributed by atoms with Crippen molar-refractivity contribution in [2.45, 2.75) is 32.1 Å². The fourth-order valence-electron chi connectivity index (χ4n) is 2.12. The largest absolute Gasteiger partial charge is 0.329 e. The predicted octanol–water partition coefficient (Wildman–Crippen LogP) is 2.25. The third-order valence-corrected chi connectivity index (χ3v) is 4.63. The van der Waals surface area contributed by atoms with E-state index >= 15 is 0 Å². The highest BCUT2D eigenvalue weighted by Crippen LogP contribution is 2.28. The van der Waals surface area contributed by atoms with E-state index in [1.807, 2.05) is 17.0 Å². The highest BCUT2D eigenvalue weighted by Gasteiger charge is 2.24. The highest BCUT2D eigenvalue weighted by molar-refractivity contribution is 7.90. The number of nitrogens with zero attached hydrogens (tertiary/aromatic N) is 2. The summed E-state index contributed by atoms with van der Waals surface area (Å²) in [6, 6.07) is 6.97. The van der Waals surface area contributed by atoms with Crippen LogP contribution in [0.15, 0.2) is 33.6 Å². The lowest BCUT2D eigenvalue weighted by Crippen LogP contribution is -2.35. The van der Waals surface area contributed by atoms with Crippen LogP contribution >= 0.6 is 0 Å². The minimum Gasteiger partial charge on any atom is -0.329 e. The van der Waals surface area contributed by atoms with Crippen LogP contribution in [0.3, 0.4) is 0 Å². The highest BCUT2D eigenvalue weighted by atomic mass is 32.2. The zero-order chi connectivity index (χ0) is 15.5. The van der Waals surface area contributed by atoms with Crippen LogP contribution in [0.25, 0.3) is 0 Å². The van der Waals surface area contributed by atoms with Crippen molar-refractivity contribution < 1.29 is 8.42 Å². The van der Waals surface area contributed by atoms with Gasteiger partial charge in [-0.3, -0.25) is 0 Å². The van der Waals surface area contributed by atoms with Crippen molar-refractivity contribution >= 4 is 22.0 Å². The Bertz CT molecular complexity index is 618. The first-order valence-electron chi connectivity index (χ1n) is 7.16. The topological polar surface area (TPSA) is 61.8 Å². The molecule has 0 aromatic heterocycles. The number of nitrogens with one attached hydrogen (secondary N) is 1. The molecule has 0 bridgehead atoms. The molecule has 0 spiro atoms. The molecule has 0 saturated carbocycles. The molecule has 0 saturated heterocycles. The van der Waals surface area contributed by atoms with Gasteiger partial charge in [0.25, 0.3) is 10.0 Å². The van der Waals surface area contributed by atoms with Crippen molar-refractivity contribution in [2.75, 3.05) is 24.5 Å². The van der Waals surface area contributed by atoms with E-state index in [0.29, 0.717) is 17.6 Å². The number of rotatable bonds is 5. The van der Waals surface area contributed by atoms with E-state index in [0.717, 1.165) is 19.5 Å². The fraction of sp³-hybridized carbons (Fsp3) is 0.533. The van der Waals surface area contributed by atoms with Crippen molar-refractivity contribution in [3.05, 3.63) is 24.3 Å². The summed E-state index contributed by atoms with van der Waals surface area (Å²) in [5.41, 5.74) is 1.02. The summed E-state index contributed by atoms with van der Waals surface area (Å²) in [5, 5.41) is 3.39. The van der Waals surface area contributed by atoms with Crippen molar-refractivity contribution in [3.8, 4) is 0 Å². The molecule has 6 heteroatoms. The monoisotopic (exact) mass is 309 g/mol. The Morgan fingerprint density at radius 1 is 1.19 bits per heavy atom. The van der Waals surface area contributed by atoms with Crippen molar-refractivity contribution in [3.63, 3.8) is 0 Å². The molecule has 1 aromatic rings. The number of hydrogen-bond donors (Lipinski definition) is 1. The molecule has 2 rings (SSSR count). The van der Waals surface area contributed by atoms with Crippen molar-refractivity contribution in [2.24, 2.45) is 9.81 Å². The zero-order valence-electron chi connectivity index (χ0n) is 12.8. The number of hydrogen-bond acceptors (Lipinski definition) is 4. The number of para-hydroxylation sites is 1. The Morgan fingerprint density at radius 3 is 2.62 bits per heavy atom. The van der Waals surface area contributed by atoms with E-state index in [9.17, 15) is 8.42 Å². The number of benzene rings is 1. The quantitative estimate of drug-likeness (QED) is 0.848. The second kappa shape index (κ2) is 6.15. The van der Waals surface area contributed by atoms with E-state index < -0.39 is 10.0 Å². The number of sulfonamides is 1. The summed E-state index contributed by atoms with van der Waals surface area (Å²) in [6.07, 6.45) is 2.51. The van der Waals surface area contributed by atoms with Gasteiger partial charge in [-0.25, -0.2) is 0 Å². The molecule has 1 aliphatic heterocycles. The van der Waals surface area contributed by atoms with Gasteiger partial charge in [-0.05, 0) is 30.5 Å². The van der Waals surface area contributed by atoms with Gasteiger partial charge in [0.05, 0.1) is 5.69 Å². The Hall–Kier alpha value is -1.40. The third-order valence-electron chi connectivity index (χ3n) is 3.36. The predicted molar refractivity (Wildman–Crippen MR) is 86.4 cm³/mol. The molecule has 116 valence electrons. The van der Waals surface area contributed by atoms with Gasteiger partial charge in [0.1, 0.15) is 11.2 Å². The summed E-state index contributed by atoms with van der Waals surface area (Å²) < 4.78 is 27.4. The molecule has 0 fully saturated rings. The van der Waals surface area contributed by atoms with Gasteiger partial charge in [-0.2, -0.15) is 8.42 Å². The molecule has 0 amide bonds. The number of fused-ring (bicyclic) bond motifs is 1. The lowest BCUT2D eigenvalue weighted by molar-refractivity contribution is 0.368. The molecule has 1 heterocycles. The Labute approximate surface area is 127 Å². The maximum absolute atomic E-state index is 11.9. The second-order valence-corrected chi connectivity index (χ2v) is 8.02. The molecule has 1 aromatic carbocycles. The molecule has 1 aliphatic rings. The van der Waals surface area contributed by atoms with Gasteiger partial charge in [0, 0.05) is 13.1 Å². The van der Waals surface area contributed by atoms with Gasteiger partial charge in [-0.1, -0.05) is 32.9 Å². The molecular weight excluding hydrogens is 286 g/mol. The van der Waals surface area contributed by atoms with Crippen LogP contribution < -0.4 is 10.2 Å². The molecule has 21 heavy (non-hydrogen) atoms. The average molecular weight is 309 g/mol. The van der Waals surface area contributed by atoms with Gasteiger partial charge in [0.2, 0.25) is 0 Å². The first-order chi connectivity index (χ1) is 9.80. The van der Waals surface area contributed by atoms with Crippen LogP contribution in [0.4, 0.5) is 5.69 Å². The van der Waals surface area contributed by atoms with Crippen molar-refractivity contribution in [1.29, 1.82) is 0 Å². The van der Waals surface area contributed by atoms with Gasteiger partial charge in [-0.15, -0.1) is 4.40 Å². The van der Waals surface area contributed by atoms with E-state index in [1.54, 1.807) is 12.1 Å². The van der Waals surface area contributed by atoms with Gasteiger partial charge < -0.3 is 10.2 Å². The molecule has 1 N–H and O–H groups in total. The van der Waals surface area contributed by atoms with Crippen LogP contribution in [-0.4, -0.2) is 34.4 Å². The lowest BCUT2D eigenvalue weighted by Gasteiger charge is -2.25. The van der Waals surface area contributed by atoms with Gasteiger partial charge in [0.15, 0.2) is 0 Å². The minimum absolute atomic E-state index is 0.280. The van der Waals surface area contributed by atoms with Crippen LogP contribution in [-0.2, 0) is 10.0 Å². The van der Waals surface area contributed by atoms with Crippen LogP contribution in [0.1, 0.15) is 27.2 Å². The maximum atomic E-state index is 11.9. The summed E-state index contributed by atoms with van der Waals surface area (Å²) in [6.45, 7) is 9.08. The maximum Gasteiger partial charge on any atom is 0.285 e. The Balaban J connectivity index is 1.94. The Kier molecular flexibility index (Phi) is 4.68.